The zero-order chi connectivity index (χ0) is 11.3. The van der Waals surface area contributed by atoms with Crippen LogP contribution in [0.25, 0.3) is 0 Å². The topological polar surface area (TPSA) is 18.5 Å². The van der Waals surface area contributed by atoms with Crippen molar-refractivity contribution in [1.82, 2.24) is 0 Å². The summed E-state index contributed by atoms with van der Waals surface area (Å²) in [4.78, 5) is 0. The average molecular weight is 320 g/mol. The van der Waals surface area contributed by atoms with Gasteiger partial charge in [0.15, 0.2) is 11.5 Å². The summed E-state index contributed by atoms with van der Waals surface area (Å²) >= 11 is 13.3. The molecule has 0 saturated carbocycles. The highest BCUT2D eigenvalue weighted by Crippen LogP contribution is 2.49. The lowest BCUT2D eigenvalue weighted by atomic mass is 10.3. The van der Waals surface area contributed by atoms with Crippen LogP contribution in [0.5, 0.6) is 11.5 Å². The normalized spacial score (nSPS) is 33.9. The lowest BCUT2D eigenvalue weighted by molar-refractivity contribution is -0.180. The van der Waals surface area contributed by atoms with Crippen molar-refractivity contribution in [2.24, 2.45) is 0 Å². The van der Waals surface area contributed by atoms with Crippen molar-refractivity contribution in [2.75, 3.05) is 0 Å². The molecule has 0 aliphatic carbocycles. The monoisotopic (exact) mass is 318 g/mol. The molecular weight excluding hydrogens is 317 g/mol. The van der Waals surface area contributed by atoms with E-state index in [0.29, 0.717) is 4.47 Å². The predicted octanol–water partition coefficient (Wildman–Crippen LogP) is 3.94. The van der Waals surface area contributed by atoms with Gasteiger partial charge in [-0.1, -0.05) is 15.9 Å². The van der Waals surface area contributed by atoms with Crippen LogP contribution in [0, 0.1) is 0 Å². The summed E-state index contributed by atoms with van der Waals surface area (Å²) in [5.41, 5.74) is 0. The van der Waals surface area contributed by atoms with Crippen LogP contribution in [0.2, 0.25) is 0 Å². The van der Waals surface area contributed by atoms with E-state index in [-0.39, 0.29) is 11.5 Å². The van der Waals surface area contributed by atoms with Crippen LogP contribution in [0.4, 0.5) is 8.78 Å². The fraction of sp³-hybridized carbons (Fsp3) is 0.250. The minimum atomic E-state index is -3.26. The molecule has 0 fully saturated rings. The van der Waals surface area contributed by atoms with Crippen molar-refractivity contribution in [1.29, 1.82) is 0 Å². The first-order valence-corrected chi connectivity index (χ1v) is 5.30. The van der Waals surface area contributed by atoms with Gasteiger partial charge in [0.05, 0.1) is 0 Å². The molecule has 7 heteroatoms. The molecule has 0 radical (unpaired) electrons. The average Bonchev–Trinajstić information content (AvgIpc) is 2.07. The molecule has 0 spiro atoms. The number of halogens is 5. The molecule has 2 nitrogen and oxygen atoms in total. The summed E-state index contributed by atoms with van der Waals surface area (Å²) in [7, 11) is 0. The largest absolute Gasteiger partial charge is 0.435 e. The number of fused-ring (bicyclic) bond motifs is 1. The highest BCUT2D eigenvalue weighted by atomic mass is 79.9. The standard InChI is InChI=1S/C8H3BrCl2F2O2/c9-4-1-2-5-6(3-4)15-8(11,13)7(10,12)14-5/h1-3H/t7-,8-/m0/s1. The lowest BCUT2D eigenvalue weighted by Gasteiger charge is -2.34. The van der Waals surface area contributed by atoms with Gasteiger partial charge in [-0.05, 0) is 41.4 Å². The van der Waals surface area contributed by atoms with Gasteiger partial charge < -0.3 is 9.47 Å². The van der Waals surface area contributed by atoms with Crippen LogP contribution in [0.3, 0.4) is 0 Å². The van der Waals surface area contributed by atoms with Crippen molar-refractivity contribution >= 4 is 39.1 Å². The molecule has 0 bridgehead atoms. The Labute approximate surface area is 102 Å². The maximum Gasteiger partial charge on any atom is 0.414 e. The van der Waals surface area contributed by atoms with E-state index in [1.54, 1.807) is 6.07 Å². The second kappa shape index (κ2) is 3.37. The van der Waals surface area contributed by atoms with Crippen LogP contribution in [-0.4, -0.2) is 10.6 Å². The van der Waals surface area contributed by atoms with Crippen molar-refractivity contribution < 1.29 is 18.3 Å². The summed E-state index contributed by atoms with van der Waals surface area (Å²) in [5, 5.41) is -6.52. The van der Waals surface area contributed by atoms with Crippen LogP contribution >= 0.6 is 39.1 Å². The molecule has 0 amide bonds. The van der Waals surface area contributed by atoms with E-state index in [9.17, 15) is 8.78 Å². The molecule has 0 saturated heterocycles. The van der Waals surface area contributed by atoms with Crippen molar-refractivity contribution in [3.63, 3.8) is 0 Å². The Hall–Kier alpha value is -0.260. The highest BCUT2D eigenvalue weighted by Gasteiger charge is 2.60. The number of alkyl halides is 4. The lowest BCUT2D eigenvalue weighted by Crippen LogP contribution is -2.50. The van der Waals surface area contributed by atoms with Gasteiger partial charge in [0.2, 0.25) is 0 Å². The fourth-order valence-electron chi connectivity index (χ4n) is 1.04. The van der Waals surface area contributed by atoms with E-state index in [0.717, 1.165) is 0 Å². The van der Waals surface area contributed by atoms with Gasteiger partial charge >= 0.3 is 10.6 Å². The summed E-state index contributed by atoms with van der Waals surface area (Å²) in [6.07, 6.45) is 0. The number of hydrogen-bond donors (Lipinski definition) is 0. The molecular formula is C8H3BrCl2F2O2. The minimum absolute atomic E-state index is 0.0235. The summed E-state index contributed by atoms with van der Waals surface area (Å²) in [6, 6.07) is 4.33. The Morgan fingerprint density at radius 3 is 2.20 bits per heavy atom. The Bertz CT molecular complexity index is 412. The molecule has 1 heterocycles. The molecule has 0 unspecified atom stereocenters. The first-order chi connectivity index (χ1) is 6.82. The Balaban J connectivity index is 2.47. The van der Waals surface area contributed by atoms with Crippen molar-refractivity contribution in [3.8, 4) is 11.5 Å². The molecule has 0 N–H and O–H groups in total. The first-order valence-electron chi connectivity index (χ1n) is 3.75. The maximum absolute atomic E-state index is 13.4. The van der Waals surface area contributed by atoms with Crippen LogP contribution in [0.15, 0.2) is 22.7 Å². The number of benzene rings is 1. The van der Waals surface area contributed by atoms with Crippen molar-refractivity contribution in [3.05, 3.63) is 22.7 Å². The van der Waals surface area contributed by atoms with Gasteiger partial charge in [0, 0.05) is 4.47 Å². The molecule has 1 aliphatic heterocycles. The van der Waals surface area contributed by atoms with E-state index in [2.05, 4.69) is 25.4 Å². The Morgan fingerprint density at radius 2 is 1.60 bits per heavy atom. The summed E-state index contributed by atoms with van der Waals surface area (Å²) in [5.74, 6) is -0.0552. The van der Waals surface area contributed by atoms with Gasteiger partial charge in [0.25, 0.3) is 0 Å². The minimum Gasteiger partial charge on any atom is -0.435 e. The van der Waals surface area contributed by atoms with Gasteiger partial charge in [-0.25, -0.2) is 0 Å². The Kier molecular flexibility index (Phi) is 2.52. The quantitative estimate of drug-likeness (QED) is 0.674. The second-order valence-electron chi connectivity index (χ2n) is 2.83. The second-order valence-corrected chi connectivity index (χ2v) is 4.72. The molecule has 82 valence electrons. The number of ether oxygens (including phenoxy) is 2. The zero-order valence-electron chi connectivity index (χ0n) is 6.94. The maximum atomic E-state index is 13.4. The van der Waals surface area contributed by atoms with Gasteiger partial charge in [-0.3, -0.25) is 0 Å². The highest BCUT2D eigenvalue weighted by molar-refractivity contribution is 9.10. The summed E-state index contributed by atoms with van der Waals surface area (Å²) < 4.78 is 36.4. The third-order valence-electron chi connectivity index (χ3n) is 1.72. The van der Waals surface area contributed by atoms with Gasteiger partial charge in [-0.15, -0.1) is 0 Å². The predicted molar refractivity (Wildman–Crippen MR) is 54.8 cm³/mol. The molecule has 1 aliphatic rings. The van der Waals surface area contributed by atoms with E-state index >= 15 is 0 Å². The van der Waals surface area contributed by atoms with Gasteiger partial charge in [0.1, 0.15) is 0 Å². The summed E-state index contributed by atoms with van der Waals surface area (Å²) in [6.45, 7) is 0. The molecule has 2 atom stereocenters. The molecule has 0 aromatic heterocycles. The van der Waals surface area contributed by atoms with E-state index < -0.39 is 10.6 Å². The van der Waals surface area contributed by atoms with E-state index in [1.807, 2.05) is 0 Å². The van der Waals surface area contributed by atoms with Gasteiger partial charge in [-0.2, -0.15) is 8.78 Å². The van der Waals surface area contributed by atoms with Crippen LogP contribution in [0.1, 0.15) is 0 Å². The van der Waals surface area contributed by atoms with Crippen LogP contribution in [-0.2, 0) is 0 Å². The molecule has 1 aromatic carbocycles. The molecule has 1 aromatic rings. The molecule has 15 heavy (non-hydrogen) atoms. The van der Waals surface area contributed by atoms with Crippen molar-refractivity contribution in [2.45, 2.75) is 10.6 Å². The third kappa shape index (κ3) is 1.88. The number of hydrogen-bond acceptors (Lipinski definition) is 2. The Morgan fingerprint density at radius 1 is 1.07 bits per heavy atom. The third-order valence-corrected chi connectivity index (χ3v) is 2.95. The first kappa shape index (κ1) is 11.2. The molecule has 2 rings (SSSR count). The SMILES string of the molecule is F[C@]1(Cl)Oc2ccc(Br)cc2O[C@]1(F)Cl. The number of rotatable bonds is 0. The smallest absolute Gasteiger partial charge is 0.414 e. The van der Waals surface area contributed by atoms with E-state index in [1.165, 1.54) is 12.1 Å². The van der Waals surface area contributed by atoms with Crippen LogP contribution < -0.4 is 9.47 Å². The zero-order valence-corrected chi connectivity index (χ0v) is 10.0. The van der Waals surface area contributed by atoms with E-state index in [4.69, 9.17) is 23.2 Å². The fourth-order valence-corrected chi connectivity index (χ4v) is 1.62.